The van der Waals surface area contributed by atoms with Crippen molar-refractivity contribution in [2.75, 3.05) is 18.0 Å². The van der Waals surface area contributed by atoms with E-state index in [-0.39, 0.29) is 0 Å². The molecule has 0 amide bonds. The Kier molecular flexibility index (Phi) is 4.66. The van der Waals surface area contributed by atoms with E-state index in [0.717, 1.165) is 6.54 Å². The van der Waals surface area contributed by atoms with Gasteiger partial charge >= 0.3 is 0 Å². The predicted molar refractivity (Wildman–Crippen MR) is 109 cm³/mol. The van der Waals surface area contributed by atoms with Gasteiger partial charge in [-0.2, -0.15) is 4.57 Å². The molecule has 4 rings (SSSR count). The summed E-state index contributed by atoms with van der Waals surface area (Å²) in [4.78, 5) is 2.47. The Morgan fingerprint density at radius 3 is 2.52 bits per heavy atom. The van der Waals surface area contributed by atoms with Crippen molar-refractivity contribution in [1.82, 2.24) is 0 Å². The molecule has 126 valence electrons. The molecule has 3 aromatic rings. The lowest BCUT2D eigenvalue weighted by atomic mass is 10.2. The first-order chi connectivity index (χ1) is 12.3. The van der Waals surface area contributed by atoms with Crippen molar-refractivity contribution < 1.29 is 4.57 Å². The van der Waals surface area contributed by atoms with Gasteiger partial charge in [-0.1, -0.05) is 42.2 Å². The van der Waals surface area contributed by atoms with Crippen LogP contribution < -0.4 is 9.47 Å². The maximum atomic E-state index is 3.90. The molecule has 1 aromatic heterocycles. The van der Waals surface area contributed by atoms with Gasteiger partial charge in [-0.05, 0) is 48.8 Å². The third-order valence-corrected chi connectivity index (χ3v) is 5.86. The van der Waals surface area contributed by atoms with Crippen LogP contribution in [0.3, 0.4) is 0 Å². The molecule has 2 heterocycles. The van der Waals surface area contributed by atoms with E-state index in [1.54, 1.807) is 0 Å². The van der Waals surface area contributed by atoms with E-state index in [1.165, 1.54) is 52.4 Å². The summed E-state index contributed by atoms with van der Waals surface area (Å²) >= 11 is 1.83. The molecule has 1 aliphatic rings. The third kappa shape index (κ3) is 3.38. The summed E-state index contributed by atoms with van der Waals surface area (Å²) in [5, 5.41) is 1.25. The quantitative estimate of drug-likeness (QED) is 0.457. The summed E-state index contributed by atoms with van der Waals surface area (Å²) in [5.74, 6) is 0. The van der Waals surface area contributed by atoms with Gasteiger partial charge in [0.1, 0.15) is 4.70 Å². The molecule has 0 bridgehead atoms. The second-order valence-electron chi connectivity index (χ2n) is 6.43. The second kappa shape index (κ2) is 7.24. The fraction of sp³-hybridized carbons (Fsp3) is 0.227. The molecule has 0 aliphatic carbocycles. The van der Waals surface area contributed by atoms with E-state index in [0.29, 0.717) is 0 Å². The Labute approximate surface area is 153 Å². The fourth-order valence-electron chi connectivity index (χ4n) is 3.43. The van der Waals surface area contributed by atoms with Crippen molar-refractivity contribution in [1.29, 1.82) is 0 Å². The molecule has 25 heavy (non-hydrogen) atoms. The van der Waals surface area contributed by atoms with E-state index < -0.39 is 0 Å². The van der Waals surface area contributed by atoms with E-state index in [4.69, 9.17) is 0 Å². The van der Waals surface area contributed by atoms with Crippen molar-refractivity contribution in [3.8, 4) is 0 Å². The molecule has 0 radical (unpaired) electrons. The van der Waals surface area contributed by atoms with Crippen LogP contribution >= 0.6 is 11.3 Å². The number of allylic oxidation sites excluding steroid dienone is 1. The lowest BCUT2D eigenvalue weighted by Crippen LogP contribution is -2.33. The number of nitrogens with zero attached hydrogens (tertiary/aromatic N) is 2. The minimum atomic E-state index is 0.831. The molecule has 0 saturated carbocycles. The molecule has 3 heteroatoms. The lowest BCUT2D eigenvalue weighted by Gasteiger charge is -2.17. The maximum Gasteiger partial charge on any atom is 0.263 e. The lowest BCUT2D eigenvalue weighted by molar-refractivity contribution is -0.658. The van der Waals surface area contributed by atoms with Crippen LogP contribution in [-0.2, 0) is 6.54 Å². The van der Waals surface area contributed by atoms with E-state index in [9.17, 15) is 0 Å². The summed E-state index contributed by atoms with van der Waals surface area (Å²) in [7, 11) is 0. The topological polar surface area (TPSA) is 7.12 Å². The molecule has 0 spiro atoms. The zero-order valence-corrected chi connectivity index (χ0v) is 15.2. The summed E-state index contributed by atoms with van der Waals surface area (Å²) in [5.41, 5.74) is 3.86. The van der Waals surface area contributed by atoms with Crippen LogP contribution in [0.1, 0.15) is 23.4 Å². The zero-order chi connectivity index (χ0) is 17.1. The highest BCUT2D eigenvalue weighted by Crippen LogP contribution is 2.23. The molecule has 2 nitrogen and oxygen atoms in total. The van der Waals surface area contributed by atoms with Crippen molar-refractivity contribution in [3.05, 3.63) is 71.8 Å². The summed E-state index contributed by atoms with van der Waals surface area (Å²) in [6.45, 7) is 7.12. The number of aromatic nitrogens is 1. The highest BCUT2D eigenvalue weighted by molar-refractivity contribution is 7.18. The average molecular weight is 348 g/mol. The number of hydrogen-bond donors (Lipinski definition) is 0. The van der Waals surface area contributed by atoms with Gasteiger partial charge in [-0.25, -0.2) is 0 Å². The second-order valence-corrected chi connectivity index (χ2v) is 7.49. The Morgan fingerprint density at radius 2 is 1.76 bits per heavy atom. The third-order valence-electron chi connectivity index (χ3n) is 4.73. The molecule has 1 aliphatic heterocycles. The van der Waals surface area contributed by atoms with Gasteiger partial charge < -0.3 is 4.90 Å². The van der Waals surface area contributed by atoms with Gasteiger partial charge in [0.05, 0.1) is 0 Å². The Morgan fingerprint density at radius 1 is 1.00 bits per heavy atom. The zero-order valence-electron chi connectivity index (χ0n) is 14.4. The van der Waals surface area contributed by atoms with E-state index in [1.807, 2.05) is 17.4 Å². The largest absolute Gasteiger partial charge is 0.372 e. The SMILES string of the molecule is C=CC[n+]1c(/C=C/c2ccc(N3CCCC3)cc2)sc2ccccc21. The minimum absolute atomic E-state index is 0.831. The van der Waals surface area contributed by atoms with E-state index in [2.05, 4.69) is 76.7 Å². The first-order valence-electron chi connectivity index (χ1n) is 8.90. The van der Waals surface area contributed by atoms with Crippen LogP contribution in [0, 0.1) is 0 Å². The number of fused-ring (bicyclic) bond motifs is 1. The van der Waals surface area contributed by atoms with E-state index >= 15 is 0 Å². The monoisotopic (exact) mass is 347 g/mol. The van der Waals surface area contributed by atoms with Crippen LogP contribution in [0.4, 0.5) is 5.69 Å². The average Bonchev–Trinajstić information content (AvgIpc) is 3.30. The van der Waals surface area contributed by atoms with Crippen LogP contribution in [0.25, 0.3) is 22.4 Å². The molecule has 0 atom stereocenters. The van der Waals surface area contributed by atoms with Gasteiger partial charge in [0.25, 0.3) is 5.01 Å². The van der Waals surface area contributed by atoms with Crippen LogP contribution in [0.2, 0.25) is 0 Å². The van der Waals surface area contributed by atoms with Gasteiger partial charge in [0.15, 0.2) is 6.54 Å². The van der Waals surface area contributed by atoms with Crippen LogP contribution in [0.15, 0.2) is 61.2 Å². The molecular formula is C22H23N2S+. The molecule has 1 saturated heterocycles. The van der Waals surface area contributed by atoms with Crippen molar-refractivity contribution in [2.45, 2.75) is 19.4 Å². The molecular weight excluding hydrogens is 324 g/mol. The number of rotatable bonds is 5. The van der Waals surface area contributed by atoms with Gasteiger partial charge in [0, 0.05) is 30.9 Å². The molecule has 0 N–H and O–H groups in total. The number of para-hydroxylation sites is 1. The Hall–Kier alpha value is -2.39. The van der Waals surface area contributed by atoms with Crippen molar-refractivity contribution >= 4 is 39.4 Å². The molecule has 2 aromatic carbocycles. The minimum Gasteiger partial charge on any atom is -0.372 e. The number of anilines is 1. The number of thiazole rings is 1. The van der Waals surface area contributed by atoms with Crippen LogP contribution in [-0.4, -0.2) is 13.1 Å². The maximum absolute atomic E-state index is 3.90. The first kappa shape index (κ1) is 16.1. The molecule has 0 unspecified atom stereocenters. The van der Waals surface area contributed by atoms with Gasteiger partial charge in [0.2, 0.25) is 5.52 Å². The number of hydrogen-bond acceptors (Lipinski definition) is 2. The standard InChI is InChI=1S/C22H23N2S/c1-2-15-24-20-7-3-4-8-21(20)25-22(24)14-11-18-9-12-19(13-10-18)23-16-5-6-17-23/h2-4,7-14H,1,5-6,15-17H2/q+1. The number of benzene rings is 2. The normalized spacial score (nSPS) is 14.6. The smallest absolute Gasteiger partial charge is 0.263 e. The van der Waals surface area contributed by atoms with Crippen molar-refractivity contribution in [3.63, 3.8) is 0 Å². The molecule has 1 fully saturated rings. The van der Waals surface area contributed by atoms with Crippen molar-refractivity contribution in [2.24, 2.45) is 0 Å². The highest BCUT2D eigenvalue weighted by Gasteiger charge is 2.16. The summed E-state index contributed by atoms with van der Waals surface area (Å²) in [6.07, 6.45) is 9.02. The Bertz CT molecular complexity index is 899. The van der Waals surface area contributed by atoms with Crippen LogP contribution in [0.5, 0.6) is 0 Å². The van der Waals surface area contributed by atoms with Gasteiger partial charge in [-0.15, -0.1) is 0 Å². The first-order valence-corrected chi connectivity index (χ1v) is 9.72. The Balaban J connectivity index is 1.59. The summed E-state index contributed by atoms with van der Waals surface area (Å²) in [6, 6.07) is 17.5. The fourth-order valence-corrected chi connectivity index (χ4v) is 4.51. The summed E-state index contributed by atoms with van der Waals surface area (Å²) < 4.78 is 3.63. The highest BCUT2D eigenvalue weighted by atomic mass is 32.1. The van der Waals surface area contributed by atoms with Gasteiger partial charge in [-0.3, -0.25) is 0 Å². The predicted octanol–water partition coefficient (Wildman–Crippen LogP) is 5.15.